The summed E-state index contributed by atoms with van der Waals surface area (Å²) in [5, 5.41) is 3.01. The highest BCUT2D eigenvalue weighted by Crippen LogP contribution is 2.27. The molecule has 1 aromatic rings. The first-order valence-electron chi connectivity index (χ1n) is 4.47. The largest absolute Gasteiger partial charge is 0.454 e. The maximum absolute atomic E-state index is 12.1. The van der Waals surface area contributed by atoms with Crippen LogP contribution in [0.2, 0.25) is 0 Å². The second-order valence-corrected chi connectivity index (χ2v) is 3.38. The van der Waals surface area contributed by atoms with Crippen LogP contribution in [0.4, 0.5) is 18.9 Å². The predicted molar refractivity (Wildman–Crippen MR) is 49.0 cm³/mol. The Balaban J connectivity index is 2.35. The third-order valence-corrected chi connectivity index (χ3v) is 2.33. The molecule has 0 saturated heterocycles. The molecular weight excluding hydrogens is 207 g/mol. The first kappa shape index (κ1) is 10.0. The van der Waals surface area contributed by atoms with E-state index in [1.807, 2.05) is 0 Å². The van der Waals surface area contributed by atoms with Crippen molar-refractivity contribution in [2.45, 2.75) is 12.6 Å². The second-order valence-electron chi connectivity index (χ2n) is 3.38. The minimum absolute atomic E-state index is 0.287. The lowest BCUT2D eigenvalue weighted by Crippen LogP contribution is -2.22. The summed E-state index contributed by atoms with van der Waals surface area (Å²) in [5.41, 5.74) is 1.30. The molecule has 0 atom stereocenters. The van der Waals surface area contributed by atoms with Crippen molar-refractivity contribution >= 4 is 11.5 Å². The van der Waals surface area contributed by atoms with Crippen molar-refractivity contribution in [2.24, 2.45) is 0 Å². The van der Waals surface area contributed by atoms with E-state index in [9.17, 15) is 18.0 Å². The van der Waals surface area contributed by atoms with Crippen LogP contribution < -0.4 is 5.32 Å². The molecule has 0 bridgehead atoms. The Labute approximate surface area is 84.1 Å². The Morgan fingerprint density at radius 3 is 2.73 bits per heavy atom. The SMILES string of the molecule is O=C(c1ccc2c(c1)CCN2)C(F)(F)F. The zero-order chi connectivity index (χ0) is 11.1. The van der Waals surface area contributed by atoms with Gasteiger partial charge in [0.25, 0.3) is 5.78 Å². The monoisotopic (exact) mass is 215 g/mol. The average molecular weight is 215 g/mol. The summed E-state index contributed by atoms with van der Waals surface area (Å²) in [6, 6.07) is 4.03. The van der Waals surface area contributed by atoms with Crippen LogP contribution in [0.15, 0.2) is 18.2 Å². The van der Waals surface area contributed by atoms with Gasteiger partial charge in [0.1, 0.15) is 0 Å². The zero-order valence-corrected chi connectivity index (χ0v) is 7.69. The number of hydrogen-bond acceptors (Lipinski definition) is 2. The molecule has 15 heavy (non-hydrogen) atoms. The average Bonchev–Trinajstić information content (AvgIpc) is 2.61. The molecule has 5 heteroatoms. The van der Waals surface area contributed by atoms with Crippen molar-refractivity contribution in [2.75, 3.05) is 11.9 Å². The predicted octanol–water partition coefficient (Wildman–Crippen LogP) is 2.40. The van der Waals surface area contributed by atoms with E-state index >= 15 is 0 Å². The standard InChI is InChI=1S/C10H8F3NO/c11-10(12,13)9(15)7-1-2-8-6(5-7)3-4-14-8/h1-2,5,14H,3-4H2. The number of benzene rings is 1. The Kier molecular flexibility index (Phi) is 2.17. The quantitative estimate of drug-likeness (QED) is 0.729. The fourth-order valence-electron chi connectivity index (χ4n) is 1.61. The van der Waals surface area contributed by atoms with Gasteiger partial charge in [-0.05, 0) is 30.2 Å². The van der Waals surface area contributed by atoms with E-state index in [-0.39, 0.29) is 5.56 Å². The number of alkyl halides is 3. The minimum Gasteiger partial charge on any atom is -0.384 e. The molecule has 0 saturated carbocycles. The number of Topliss-reactive ketones (excluding diaryl/α,β-unsaturated/α-hetero) is 1. The van der Waals surface area contributed by atoms with E-state index in [1.165, 1.54) is 18.2 Å². The highest BCUT2D eigenvalue weighted by atomic mass is 19.4. The molecule has 1 heterocycles. The van der Waals surface area contributed by atoms with Crippen molar-refractivity contribution in [1.29, 1.82) is 0 Å². The maximum Gasteiger partial charge on any atom is 0.454 e. The molecule has 2 nitrogen and oxygen atoms in total. The number of ketones is 1. The number of halogens is 3. The molecule has 0 amide bonds. The van der Waals surface area contributed by atoms with E-state index in [0.29, 0.717) is 13.0 Å². The fraction of sp³-hybridized carbons (Fsp3) is 0.300. The van der Waals surface area contributed by atoms with Crippen LogP contribution in [0.1, 0.15) is 15.9 Å². The van der Waals surface area contributed by atoms with Gasteiger partial charge >= 0.3 is 6.18 Å². The summed E-state index contributed by atoms with van der Waals surface area (Å²) in [6.07, 6.45) is -4.13. The Morgan fingerprint density at radius 2 is 2.07 bits per heavy atom. The van der Waals surface area contributed by atoms with Gasteiger partial charge in [-0.1, -0.05) is 0 Å². The van der Waals surface area contributed by atoms with Crippen LogP contribution in [0.25, 0.3) is 0 Å². The number of carbonyl (C=O) groups excluding carboxylic acids is 1. The first-order valence-corrected chi connectivity index (χ1v) is 4.47. The molecular formula is C10H8F3NO. The molecule has 0 aromatic heterocycles. The topological polar surface area (TPSA) is 29.1 Å². The molecule has 0 spiro atoms. The molecule has 1 aliphatic rings. The number of carbonyl (C=O) groups is 1. The summed E-state index contributed by atoms with van der Waals surface area (Å²) in [7, 11) is 0. The number of anilines is 1. The number of fused-ring (bicyclic) bond motifs is 1. The molecule has 2 rings (SSSR count). The van der Waals surface area contributed by atoms with Gasteiger partial charge in [-0.25, -0.2) is 0 Å². The summed E-state index contributed by atoms with van der Waals surface area (Å²) in [5.74, 6) is -1.78. The van der Waals surface area contributed by atoms with E-state index in [2.05, 4.69) is 5.32 Å². The number of rotatable bonds is 1. The van der Waals surface area contributed by atoms with Crippen molar-refractivity contribution in [1.82, 2.24) is 0 Å². The van der Waals surface area contributed by atoms with Crippen LogP contribution in [0.3, 0.4) is 0 Å². The van der Waals surface area contributed by atoms with Gasteiger partial charge in [-0.15, -0.1) is 0 Å². The second kappa shape index (κ2) is 3.25. The fourth-order valence-corrected chi connectivity index (χ4v) is 1.61. The minimum atomic E-state index is -4.79. The van der Waals surface area contributed by atoms with Gasteiger partial charge in [0.2, 0.25) is 0 Å². The Morgan fingerprint density at radius 1 is 1.33 bits per heavy atom. The zero-order valence-electron chi connectivity index (χ0n) is 7.69. The van der Waals surface area contributed by atoms with Gasteiger partial charge in [0.15, 0.2) is 0 Å². The lowest BCUT2D eigenvalue weighted by atomic mass is 10.1. The maximum atomic E-state index is 12.1. The molecule has 0 radical (unpaired) electrons. The smallest absolute Gasteiger partial charge is 0.384 e. The summed E-state index contributed by atoms with van der Waals surface area (Å²) in [4.78, 5) is 10.9. The number of nitrogens with one attached hydrogen (secondary N) is 1. The first-order chi connectivity index (χ1) is 6.98. The van der Waals surface area contributed by atoms with E-state index in [1.54, 1.807) is 0 Å². The van der Waals surface area contributed by atoms with Crippen molar-refractivity contribution in [3.63, 3.8) is 0 Å². The Hall–Kier alpha value is -1.52. The molecule has 0 fully saturated rings. The van der Waals surface area contributed by atoms with Crippen LogP contribution in [0, 0.1) is 0 Å². The van der Waals surface area contributed by atoms with Gasteiger partial charge in [0, 0.05) is 17.8 Å². The third kappa shape index (κ3) is 1.82. The highest BCUT2D eigenvalue weighted by Gasteiger charge is 2.39. The summed E-state index contributed by atoms with van der Waals surface area (Å²) in [6.45, 7) is 0.707. The number of hydrogen-bond donors (Lipinski definition) is 1. The van der Waals surface area contributed by atoms with Gasteiger partial charge in [0.05, 0.1) is 0 Å². The van der Waals surface area contributed by atoms with Crippen LogP contribution in [-0.4, -0.2) is 18.5 Å². The summed E-state index contributed by atoms with van der Waals surface area (Å²) < 4.78 is 36.4. The van der Waals surface area contributed by atoms with Crippen molar-refractivity contribution < 1.29 is 18.0 Å². The molecule has 1 aliphatic heterocycles. The molecule has 80 valence electrons. The van der Waals surface area contributed by atoms with Crippen molar-refractivity contribution in [3.8, 4) is 0 Å². The van der Waals surface area contributed by atoms with E-state index < -0.39 is 12.0 Å². The molecule has 0 aliphatic carbocycles. The molecule has 0 unspecified atom stereocenters. The van der Waals surface area contributed by atoms with Crippen LogP contribution in [0.5, 0.6) is 0 Å². The Bertz CT molecular complexity index is 412. The molecule has 1 N–H and O–H groups in total. The lowest BCUT2D eigenvalue weighted by Gasteiger charge is -2.06. The van der Waals surface area contributed by atoms with Gasteiger partial charge < -0.3 is 5.32 Å². The highest BCUT2D eigenvalue weighted by molar-refractivity contribution is 6.00. The van der Waals surface area contributed by atoms with Crippen LogP contribution >= 0.6 is 0 Å². The van der Waals surface area contributed by atoms with Gasteiger partial charge in [-0.2, -0.15) is 13.2 Å². The molecule has 1 aromatic carbocycles. The van der Waals surface area contributed by atoms with E-state index in [4.69, 9.17) is 0 Å². The third-order valence-electron chi connectivity index (χ3n) is 2.33. The lowest BCUT2D eigenvalue weighted by molar-refractivity contribution is -0.0885. The van der Waals surface area contributed by atoms with Crippen LogP contribution in [-0.2, 0) is 6.42 Å². The van der Waals surface area contributed by atoms with Crippen molar-refractivity contribution in [3.05, 3.63) is 29.3 Å². The summed E-state index contributed by atoms with van der Waals surface area (Å²) >= 11 is 0. The van der Waals surface area contributed by atoms with E-state index in [0.717, 1.165) is 11.3 Å². The van der Waals surface area contributed by atoms with Gasteiger partial charge in [-0.3, -0.25) is 4.79 Å². The normalized spacial score (nSPS) is 14.6.